The van der Waals surface area contributed by atoms with Gasteiger partial charge in [-0.25, -0.2) is 0 Å². The fourth-order valence-corrected chi connectivity index (χ4v) is 3.29. The van der Waals surface area contributed by atoms with Gasteiger partial charge in [-0.05, 0) is 56.0 Å². The maximum absolute atomic E-state index is 5.82. The molecule has 0 unspecified atom stereocenters. The summed E-state index contributed by atoms with van der Waals surface area (Å²) in [5.41, 5.74) is 2.58. The van der Waals surface area contributed by atoms with Gasteiger partial charge >= 0.3 is 0 Å². The van der Waals surface area contributed by atoms with Gasteiger partial charge < -0.3 is 15.0 Å². The summed E-state index contributed by atoms with van der Waals surface area (Å²) in [5.74, 6) is 0. The Morgan fingerprint density at radius 3 is 2.76 bits per heavy atom. The molecule has 1 saturated carbocycles. The molecule has 4 heteroatoms. The predicted molar refractivity (Wildman–Crippen MR) is 89.3 cm³/mol. The first-order valence-electron chi connectivity index (χ1n) is 8.12. The summed E-state index contributed by atoms with van der Waals surface area (Å²) in [5, 5.41) is 3.55. The van der Waals surface area contributed by atoms with E-state index in [0.29, 0.717) is 6.61 Å². The topological polar surface area (TPSA) is 24.5 Å². The number of benzene rings is 1. The van der Waals surface area contributed by atoms with E-state index in [1.54, 1.807) is 0 Å². The molecular weight excluding hydrogens is 328 g/mol. The number of rotatable bonds is 8. The van der Waals surface area contributed by atoms with E-state index in [1.807, 2.05) is 0 Å². The van der Waals surface area contributed by atoms with Crippen LogP contribution in [0, 0.1) is 0 Å². The standard InChI is InChI=1S/C17H25BrN2O/c18-17-11-14(12-19-16-5-6-16)3-4-15(17)13-21-10-9-20-7-1-2-8-20/h3-4,11,16,19H,1-2,5-10,12-13H2. The van der Waals surface area contributed by atoms with Crippen LogP contribution in [0.4, 0.5) is 0 Å². The fourth-order valence-electron chi connectivity index (χ4n) is 2.75. The molecule has 1 aromatic rings. The second kappa shape index (κ2) is 7.73. The third-order valence-electron chi connectivity index (χ3n) is 4.30. The molecule has 1 saturated heterocycles. The van der Waals surface area contributed by atoms with Crippen LogP contribution in [0.2, 0.25) is 0 Å². The van der Waals surface area contributed by atoms with E-state index in [2.05, 4.69) is 44.3 Å². The van der Waals surface area contributed by atoms with Gasteiger partial charge in [0.15, 0.2) is 0 Å². The van der Waals surface area contributed by atoms with Crippen molar-refractivity contribution in [1.29, 1.82) is 0 Å². The summed E-state index contributed by atoms with van der Waals surface area (Å²) in [6, 6.07) is 7.37. The molecule has 21 heavy (non-hydrogen) atoms. The minimum absolute atomic E-state index is 0.699. The molecule has 1 aliphatic heterocycles. The van der Waals surface area contributed by atoms with Gasteiger partial charge in [-0.3, -0.25) is 0 Å². The summed E-state index contributed by atoms with van der Waals surface area (Å²) in [7, 11) is 0. The molecular formula is C17H25BrN2O. The van der Waals surface area contributed by atoms with Crippen molar-refractivity contribution in [3.05, 3.63) is 33.8 Å². The van der Waals surface area contributed by atoms with E-state index in [0.717, 1.165) is 25.7 Å². The van der Waals surface area contributed by atoms with Crippen LogP contribution >= 0.6 is 15.9 Å². The first kappa shape index (κ1) is 15.5. The number of hydrogen-bond donors (Lipinski definition) is 1. The maximum Gasteiger partial charge on any atom is 0.0728 e. The van der Waals surface area contributed by atoms with Crippen molar-refractivity contribution in [3.8, 4) is 0 Å². The first-order chi connectivity index (χ1) is 10.3. The van der Waals surface area contributed by atoms with Crippen LogP contribution in [0.5, 0.6) is 0 Å². The highest BCUT2D eigenvalue weighted by Crippen LogP contribution is 2.22. The van der Waals surface area contributed by atoms with Gasteiger partial charge in [-0.2, -0.15) is 0 Å². The highest BCUT2D eigenvalue weighted by molar-refractivity contribution is 9.10. The highest BCUT2D eigenvalue weighted by Gasteiger charge is 2.20. The lowest BCUT2D eigenvalue weighted by Crippen LogP contribution is -2.23. The Morgan fingerprint density at radius 2 is 2.05 bits per heavy atom. The molecule has 2 aliphatic rings. The minimum atomic E-state index is 0.699. The molecule has 2 fully saturated rings. The van der Waals surface area contributed by atoms with Crippen LogP contribution < -0.4 is 5.32 Å². The number of nitrogens with one attached hydrogen (secondary N) is 1. The maximum atomic E-state index is 5.82. The van der Waals surface area contributed by atoms with Crippen LogP contribution in [0.15, 0.2) is 22.7 Å². The lowest BCUT2D eigenvalue weighted by atomic mass is 10.1. The van der Waals surface area contributed by atoms with Crippen molar-refractivity contribution in [2.24, 2.45) is 0 Å². The molecule has 1 N–H and O–H groups in total. The molecule has 0 bridgehead atoms. The Labute approximate surface area is 136 Å². The third-order valence-corrected chi connectivity index (χ3v) is 5.04. The average Bonchev–Trinajstić information content (AvgIpc) is 3.17. The Morgan fingerprint density at radius 1 is 1.24 bits per heavy atom. The van der Waals surface area contributed by atoms with Gasteiger partial charge in [0, 0.05) is 23.6 Å². The van der Waals surface area contributed by atoms with Crippen LogP contribution in [0.3, 0.4) is 0 Å². The zero-order chi connectivity index (χ0) is 14.5. The Balaban J connectivity index is 1.39. The molecule has 1 aromatic carbocycles. The molecule has 1 heterocycles. The molecule has 0 spiro atoms. The van der Waals surface area contributed by atoms with E-state index in [4.69, 9.17) is 4.74 Å². The number of likely N-dealkylation sites (tertiary alicyclic amines) is 1. The third kappa shape index (κ3) is 5.06. The predicted octanol–water partition coefficient (Wildman–Crippen LogP) is 3.31. The van der Waals surface area contributed by atoms with Gasteiger partial charge in [0.05, 0.1) is 13.2 Å². The lowest BCUT2D eigenvalue weighted by molar-refractivity contribution is 0.0989. The van der Waals surface area contributed by atoms with E-state index in [-0.39, 0.29) is 0 Å². The number of nitrogens with zero attached hydrogens (tertiary/aromatic N) is 1. The molecule has 3 nitrogen and oxygen atoms in total. The first-order valence-corrected chi connectivity index (χ1v) is 8.91. The molecule has 1 aliphatic carbocycles. The summed E-state index contributed by atoms with van der Waals surface area (Å²) in [6.07, 6.45) is 5.37. The zero-order valence-corrected chi connectivity index (χ0v) is 14.2. The number of hydrogen-bond acceptors (Lipinski definition) is 3. The molecule has 116 valence electrons. The van der Waals surface area contributed by atoms with E-state index in [9.17, 15) is 0 Å². The lowest BCUT2D eigenvalue weighted by Gasteiger charge is -2.14. The van der Waals surface area contributed by atoms with Crippen LogP contribution in [0.25, 0.3) is 0 Å². The van der Waals surface area contributed by atoms with Gasteiger partial charge in [-0.15, -0.1) is 0 Å². The van der Waals surface area contributed by atoms with Gasteiger partial charge in [0.25, 0.3) is 0 Å². The van der Waals surface area contributed by atoms with Gasteiger partial charge in [0.1, 0.15) is 0 Å². The van der Waals surface area contributed by atoms with Crippen molar-refractivity contribution < 1.29 is 4.74 Å². The van der Waals surface area contributed by atoms with Crippen molar-refractivity contribution in [2.45, 2.75) is 44.9 Å². The van der Waals surface area contributed by atoms with Gasteiger partial charge in [0.2, 0.25) is 0 Å². The smallest absolute Gasteiger partial charge is 0.0728 e. The normalized spacial score (nSPS) is 19.3. The van der Waals surface area contributed by atoms with E-state index >= 15 is 0 Å². The number of halogens is 1. The van der Waals surface area contributed by atoms with Crippen molar-refractivity contribution in [1.82, 2.24) is 10.2 Å². The summed E-state index contributed by atoms with van der Waals surface area (Å²) in [6.45, 7) is 6.06. The Kier molecular flexibility index (Phi) is 5.69. The molecule has 0 radical (unpaired) electrons. The van der Waals surface area contributed by atoms with E-state index < -0.39 is 0 Å². The van der Waals surface area contributed by atoms with Crippen molar-refractivity contribution in [2.75, 3.05) is 26.2 Å². The van der Waals surface area contributed by atoms with Crippen LogP contribution in [-0.2, 0) is 17.9 Å². The quantitative estimate of drug-likeness (QED) is 0.726. The van der Waals surface area contributed by atoms with E-state index in [1.165, 1.54) is 54.4 Å². The summed E-state index contributed by atoms with van der Waals surface area (Å²) in [4.78, 5) is 2.49. The zero-order valence-electron chi connectivity index (χ0n) is 12.6. The van der Waals surface area contributed by atoms with Gasteiger partial charge in [-0.1, -0.05) is 28.1 Å². The molecule has 0 aromatic heterocycles. The largest absolute Gasteiger partial charge is 0.375 e. The second-order valence-corrected chi connectivity index (χ2v) is 7.04. The monoisotopic (exact) mass is 352 g/mol. The van der Waals surface area contributed by atoms with Crippen LogP contribution in [0.1, 0.15) is 36.8 Å². The summed E-state index contributed by atoms with van der Waals surface area (Å²) < 4.78 is 6.99. The van der Waals surface area contributed by atoms with Crippen molar-refractivity contribution in [3.63, 3.8) is 0 Å². The average molecular weight is 353 g/mol. The van der Waals surface area contributed by atoms with Crippen LogP contribution in [-0.4, -0.2) is 37.2 Å². The Hall–Kier alpha value is -0.420. The Bertz CT molecular complexity index is 456. The SMILES string of the molecule is Brc1cc(CNC2CC2)ccc1COCCN1CCCC1. The number of ether oxygens (including phenoxy) is 1. The molecule has 3 rings (SSSR count). The highest BCUT2D eigenvalue weighted by atomic mass is 79.9. The van der Waals surface area contributed by atoms with Crippen molar-refractivity contribution >= 4 is 15.9 Å². The summed E-state index contributed by atoms with van der Waals surface area (Å²) >= 11 is 3.67. The second-order valence-electron chi connectivity index (χ2n) is 6.18. The minimum Gasteiger partial charge on any atom is -0.375 e. The molecule has 0 atom stereocenters. The molecule has 0 amide bonds. The fraction of sp³-hybridized carbons (Fsp3) is 0.647.